The van der Waals surface area contributed by atoms with Crippen LogP contribution in [0.15, 0.2) is 42.5 Å². The fraction of sp³-hybridized carbons (Fsp3) is 0.118. The minimum Gasteiger partial charge on any atom is -0.313 e. The molecular weight excluding hydrogens is 420 g/mol. The molecule has 4 rings (SSSR count). The number of hydrogen-bond donors (Lipinski definition) is 2. The van der Waals surface area contributed by atoms with Crippen LogP contribution < -0.4 is 10.6 Å². The molecule has 0 saturated heterocycles. The molecule has 0 fully saturated rings. The van der Waals surface area contributed by atoms with Crippen molar-refractivity contribution in [2.45, 2.75) is 11.8 Å². The first-order valence-corrected chi connectivity index (χ1v) is 8.54. The molecule has 2 aromatic carbocycles. The number of amides is 2. The number of imidazole rings is 1. The summed E-state index contributed by atoms with van der Waals surface area (Å²) in [6.07, 6.45) is -5.19. The van der Waals surface area contributed by atoms with Crippen molar-refractivity contribution in [1.29, 1.82) is 0 Å². The fourth-order valence-corrected chi connectivity index (χ4v) is 3.37. The summed E-state index contributed by atoms with van der Waals surface area (Å²) in [7, 11) is 0. The number of nitrogens with one attached hydrogen (secondary N) is 2. The van der Waals surface area contributed by atoms with Gasteiger partial charge in [0.2, 0.25) is 5.95 Å². The van der Waals surface area contributed by atoms with E-state index in [2.05, 4.69) is 10.3 Å². The predicted octanol–water partition coefficient (Wildman–Crippen LogP) is 3.94. The molecule has 1 aliphatic heterocycles. The number of carbonyl (C=O) groups excluding carboxylic acids is 2. The number of halogens is 5. The van der Waals surface area contributed by atoms with Gasteiger partial charge in [0, 0.05) is 5.56 Å². The van der Waals surface area contributed by atoms with Crippen molar-refractivity contribution in [1.82, 2.24) is 14.9 Å². The second kappa shape index (κ2) is 6.11. The molecule has 2 amide bonds. The number of fused-ring (bicyclic) bond motifs is 3. The number of hydrogen-bond acceptors (Lipinski definition) is 3. The Morgan fingerprint density at radius 3 is 2.43 bits per heavy atom. The van der Waals surface area contributed by atoms with E-state index in [0.717, 1.165) is 6.07 Å². The van der Waals surface area contributed by atoms with E-state index < -0.39 is 23.7 Å². The molecule has 1 aliphatic rings. The lowest BCUT2D eigenvalue weighted by Gasteiger charge is -2.32. The van der Waals surface area contributed by atoms with Crippen LogP contribution in [0.5, 0.6) is 0 Å². The minimum absolute atomic E-state index is 0.0262. The molecule has 0 bridgehead atoms. The standard InChI is InChI=1S/C17H9Cl2F3N4O2/c18-9-6-11-12(7-10(9)19)26-15(23-11)24-14(28)16(26,17(20,21)22)25-13(27)8-4-2-1-3-5-8/h1-7H,(H,25,27)(H,23,24,28)/t16-/m0/s1. The summed E-state index contributed by atoms with van der Waals surface area (Å²) in [6.45, 7) is 0. The van der Waals surface area contributed by atoms with Gasteiger partial charge in [-0.2, -0.15) is 13.2 Å². The van der Waals surface area contributed by atoms with Crippen molar-refractivity contribution in [2.24, 2.45) is 0 Å². The van der Waals surface area contributed by atoms with Crippen molar-refractivity contribution in [3.8, 4) is 0 Å². The summed E-state index contributed by atoms with van der Waals surface area (Å²) in [5.41, 5.74) is -3.49. The molecule has 144 valence electrons. The van der Waals surface area contributed by atoms with Crippen LogP contribution in [0.3, 0.4) is 0 Å². The van der Waals surface area contributed by atoms with Crippen LogP contribution in [-0.2, 0) is 10.5 Å². The second-order valence-electron chi connectivity index (χ2n) is 6.01. The number of rotatable bonds is 2. The highest BCUT2D eigenvalue weighted by atomic mass is 35.5. The highest BCUT2D eigenvalue weighted by Crippen LogP contribution is 2.45. The molecule has 0 spiro atoms. The Morgan fingerprint density at radius 1 is 1.14 bits per heavy atom. The van der Waals surface area contributed by atoms with Crippen molar-refractivity contribution < 1.29 is 22.8 Å². The van der Waals surface area contributed by atoms with Crippen LogP contribution in [0.4, 0.5) is 19.1 Å². The van der Waals surface area contributed by atoms with Crippen LogP contribution in [0, 0.1) is 0 Å². The maximum Gasteiger partial charge on any atom is 0.440 e. The number of carbonyl (C=O) groups is 2. The molecular formula is C17H9Cl2F3N4O2. The first-order valence-electron chi connectivity index (χ1n) is 7.79. The molecule has 0 saturated carbocycles. The van der Waals surface area contributed by atoms with E-state index in [4.69, 9.17) is 23.2 Å². The Hall–Kier alpha value is -2.78. The fourth-order valence-electron chi connectivity index (χ4n) is 3.05. The van der Waals surface area contributed by atoms with Crippen molar-refractivity contribution in [3.63, 3.8) is 0 Å². The largest absolute Gasteiger partial charge is 0.440 e. The van der Waals surface area contributed by atoms with Crippen molar-refractivity contribution in [3.05, 3.63) is 58.1 Å². The molecule has 0 aliphatic carbocycles. The Balaban J connectivity index is 1.95. The van der Waals surface area contributed by atoms with E-state index in [-0.39, 0.29) is 32.6 Å². The van der Waals surface area contributed by atoms with Crippen LogP contribution in [0.1, 0.15) is 10.4 Å². The molecule has 0 radical (unpaired) electrons. The van der Waals surface area contributed by atoms with Gasteiger partial charge in [0.25, 0.3) is 17.5 Å². The van der Waals surface area contributed by atoms with Gasteiger partial charge >= 0.3 is 6.18 Å². The number of aromatic nitrogens is 2. The van der Waals surface area contributed by atoms with Crippen molar-refractivity contribution in [2.75, 3.05) is 5.32 Å². The zero-order valence-corrected chi connectivity index (χ0v) is 15.2. The topological polar surface area (TPSA) is 76.0 Å². The quantitative estimate of drug-likeness (QED) is 0.648. The third-order valence-electron chi connectivity index (χ3n) is 4.33. The summed E-state index contributed by atoms with van der Waals surface area (Å²) in [6, 6.07) is 9.67. The Kier molecular flexibility index (Phi) is 4.06. The molecule has 2 heterocycles. The van der Waals surface area contributed by atoms with Gasteiger partial charge in [0.15, 0.2) is 0 Å². The van der Waals surface area contributed by atoms with Crippen LogP contribution in [0.25, 0.3) is 11.0 Å². The van der Waals surface area contributed by atoms with Gasteiger partial charge in [-0.05, 0) is 24.3 Å². The molecule has 1 atom stereocenters. The Morgan fingerprint density at radius 2 is 1.79 bits per heavy atom. The molecule has 6 nitrogen and oxygen atoms in total. The Labute approximate surface area is 165 Å². The molecule has 28 heavy (non-hydrogen) atoms. The first kappa shape index (κ1) is 18.6. The predicted molar refractivity (Wildman–Crippen MR) is 96.3 cm³/mol. The number of nitrogens with zero attached hydrogens (tertiary/aromatic N) is 2. The third kappa shape index (κ3) is 2.54. The number of alkyl halides is 3. The lowest BCUT2D eigenvalue weighted by atomic mass is 10.1. The molecule has 11 heteroatoms. The number of anilines is 1. The summed E-state index contributed by atoms with van der Waals surface area (Å²) >= 11 is 11.8. The van der Waals surface area contributed by atoms with E-state index in [0.29, 0.717) is 4.57 Å². The van der Waals surface area contributed by atoms with E-state index in [1.165, 1.54) is 30.3 Å². The van der Waals surface area contributed by atoms with E-state index in [1.807, 2.05) is 5.32 Å². The molecule has 2 N–H and O–H groups in total. The summed E-state index contributed by atoms with van der Waals surface area (Å²) in [5, 5.41) is 3.97. The van der Waals surface area contributed by atoms with Gasteiger partial charge in [-0.25, -0.2) is 4.98 Å². The second-order valence-corrected chi connectivity index (χ2v) is 6.82. The monoisotopic (exact) mass is 428 g/mol. The normalized spacial score (nSPS) is 18.8. The summed E-state index contributed by atoms with van der Waals surface area (Å²) in [5.74, 6) is -2.95. The third-order valence-corrected chi connectivity index (χ3v) is 5.05. The smallest absolute Gasteiger partial charge is 0.313 e. The van der Waals surface area contributed by atoms with Crippen LogP contribution in [0.2, 0.25) is 10.0 Å². The first-order chi connectivity index (χ1) is 13.1. The zero-order valence-electron chi connectivity index (χ0n) is 13.6. The molecule has 0 unspecified atom stereocenters. The Bertz CT molecular complexity index is 1130. The number of benzene rings is 2. The molecule has 1 aromatic heterocycles. The average molecular weight is 429 g/mol. The summed E-state index contributed by atoms with van der Waals surface area (Å²) in [4.78, 5) is 28.9. The van der Waals surface area contributed by atoms with E-state index in [9.17, 15) is 22.8 Å². The SMILES string of the molecule is O=C(N[C@@]1(C(F)(F)F)C(=O)Nc2nc3cc(Cl)c(Cl)cc3n21)c1ccccc1. The van der Waals surface area contributed by atoms with Gasteiger partial charge in [-0.15, -0.1) is 0 Å². The van der Waals surface area contributed by atoms with Crippen LogP contribution >= 0.6 is 23.2 Å². The maximum atomic E-state index is 14.2. The maximum absolute atomic E-state index is 14.2. The van der Waals surface area contributed by atoms with E-state index in [1.54, 1.807) is 6.07 Å². The lowest BCUT2D eigenvalue weighted by Crippen LogP contribution is -2.63. The van der Waals surface area contributed by atoms with Gasteiger partial charge < -0.3 is 5.32 Å². The highest BCUT2D eigenvalue weighted by molar-refractivity contribution is 6.42. The highest BCUT2D eigenvalue weighted by Gasteiger charge is 2.67. The lowest BCUT2D eigenvalue weighted by molar-refractivity contribution is -0.213. The van der Waals surface area contributed by atoms with Crippen LogP contribution in [-0.4, -0.2) is 27.5 Å². The van der Waals surface area contributed by atoms with E-state index >= 15 is 0 Å². The van der Waals surface area contributed by atoms with Gasteiger partial charge in [-0.1, -0.05) is 41.4 Å². The van der Waals surface area contributed by atoms with Crippen molar-refractivity contribution >= 4 is 52.0 Å². The minimum atomic E-state index is -5.19. The van der Waals surface area contributed by atoms with Gasteiger partial charge in [0.1, 0.15) is 0 Å². The molecule has 3 aromatic rings. The zero-order chi connectivity index (χ0) is 20.3. The summed E-state index contributed by atoms with van der Waals surface area (Å²) < 4.78 is 43.2. The average Bonchev–Trinajstić information content (AvgIpc) is 3.10. The van der Waals surface area contributed by atoms with Gasteiger partial charge in [-0.3, -0.25) is 19.5 Å². The van der Waals surface area contributed by atoms with Gasteiger partial charge in [0.05, 0.1) is 21.1 Å².